The van der Waals surface area contributed by atoms with Crippen molar-refractivity contribution in [2.24, 2.45) is 10.9 Å². The highest BCUT2D eigenvalue weighted by Crippen LogP contribution is 2.23. The lowest BCUT2D eigenvalue weighted by molar-refractivity contribution is 0.411. The van der Waals surface area contributed by atoms with E-state index in [2.05, 4.69) is 47.3 Å². The number of aryl methyl sites for hydroxylation is 2. The SMILES string of the molecule is CCNC(=NCC(C)Cn1nc(C)cc1C)NC1CCCC(S(=O)CC)C1.I. The van der Waals surface area contributed by atoms with E-state index in [4.69, 9.17) is 4.99 Å². The van der Waals surface area contributed by atoms with Gasteiger partial charge in [-0.05, 0) is 52.0 Å². The Kier molecular flexibility index (Phi) is 11.6. The third kappa shape index (κ3) is 8.00. The summed E-state index contributed by atoms with van der Waals surface area (Å²) in [4.78, 5) is 4.81. The molecule has 1 aliphatic rings. The zero-order valence-corrected chi connectivity index (χ0v) is 21.2. The predicted octanol–water partition coefficient (Wildman–Crippen LogP) is 3.39. The Balaban J connectivity index is 0.00000392. The van der Waals surface area contributed by atoms with Crippen LogP contribution in [0.3, 0.4) is 0 Å². The standard InChI is InChI=1S/C20H37N5OS.HI/c1-6-21-20(23-18-9-8-10-19(12-18)27(26)7-2)22-13-15(3)14-25-17(5)11-16(4)24-25;/h11,15,18-19H,6-10,12-14H2,1-5H3,(H2,21,22,23);1H. The molecule has 162 valence electrons. The molecule has 6 nitrogen and oxygen atoms in total. The summed E-state index contributed by atoms with van der Waals surface area (Å²) in [6.45, 7) is 12.9. The van der Waals surface area contributed by atoms with Gasteiger partial charge in [0.1, 0.15) is 0 Å². The van der Waals surface area contributed by atoms with Crippen LogP contribution in [0.25, 0.3) is 0 Å². The van der Waals surface area contributed by atoms with Crippen LogP contribution in [0.5, 0.6) is 0 Å². The second-order valence-corrected chi connectivity index (χ2v) is 9.74. The van der Waals surface area contributed by atoms with E-state index in [1.165, 1.54) is 5.69 Å². The molecule has 4 atom stereocenters. The van der Waals surface area contributed by atoms with Gasteiger partial charge in [0.2, 0.25) is 0 Å². The van der Waals surface area contributed by atoms with Crippen molar-refractivity contribution in [3.05, 3.63) is 17.5 Å². The van der Waals surface area contributed by atoms with Crippen molar-refractivity contribution < 1.29 is 4.21 Å². The van der Waals surface area contributed by atoms with Crippen LogP contribution in [0.2, 0.25) is 0 Å². The van der Waals surface area contributed by atoms with Crippen LogP contribution in [0, 0.1) is 19.8 Å². The molecule has 28 heavy (non-hydrogen) atoms. The van der Waals surface area contributed by atoms with Gasteiger partial charge >= 0.3 is 0 Å². The second-order valence-electron chi connectivity index (χ2n) is 7.73. The molecule has 0 radical (unpaired) electrons. The van der Waals surface area contributed by atoms with Crippen molar-refractivity contribution in [3.8, 4) is 0 Å². The largest absolute Gasteiger partial charge is 0.357 e. The van der Waals surface area contributed by atoms with Crippen LogP contribution in [0.15, 0.2) is 11.1 Å². The first kappa shape index (κ1) is 25.4. The molecule has 1 saturated carbocycles. The molecule has 0 aliphatic heterocycles. The fourth-order valence-corrected chi connectivity index (χ4v) is 5.07. The molecule has 0 spiro atoms. The number of aliphatic imine (C=N–C) groups is 1. The van der Waals surface area contributed by atoms with Crippen LogP contribution in [-0.2, 0) is 17.3 Å². The summed E-state index contributed by atoms with van der Waals surface area (Å²) in [7, 11) is -0.697. The maximum atomic E-state index is 12.2. The molecular weight excluding hydrogens is 485 g/mol. The first-order valence-electron chi connectivity index (χ1n) is 10.4. The third-order valence-corrected chi connectivity index (χ3v) is 6.86. The summed E-state index contributed by atoms with van der Waals surface area (Å²) >= 11 is 0. The lowest BCUT2D eigenvalue weighted by atomic mass is 9.95. The zero-order chi connectivity index (χ0) is 19.8. The number of hydrogen-bond donors (Lipinski definition) is 2. The third-order valence-electron chi connectivity index (χ3n) is 5.12. The van der Waals surface area contributed by atoms with Gasteiger partial charge in [0, 0.05) is 53.2 Å². The minimum atomic E-state index is -0.697. The van der Waals surface area contributed by atoms with E-state index in [1.54, 1.807) is 0 Å². The fourth-order valence-electron chi connectivity index (χ4n) is 3.72. The van der Waals surface area contributed by atoms with E-state index in [9.17, 15) is 4.21 Å². The number of guanidine groups is 1. The lowest BCUT2D eigenvalue weighted by Gasteiger charge is -2.30. The summed E-state index contributed by atoms with van der Waals surface area (Å²) in [6, 6.07) is 2.48. The molecule has 0 amide bonds. The molecule has 8 heteroatoms. The minimum absolute atomic E-state index is 0. The van der Waals surface area contributed by atoms with Gasteiger partial charge in [-0.25, -0.2) is 0 Å². The van der Waals surface area contributed by atoms with Crippen LogP contribution in [-0.4, -0.2) is 50.1 Å². The highest BCUT2D eigenvalue weighted by molar-refractivity contribution is 14.0. The monoisotopic (exact) mass is 523 g/mol. The van der Waals surface area contributed by atoms with Crippen molar-refractivity contribution in [2.75, 3.05) is 18.8 Å². The normalized spacial score (nSPS) is 22.2. The van der Waals surface area contributed by atoms with Gasteiger partial charge in [0.15, 0.2) is 5.96 Å². The first-order valence-corrected chi connectivity index (χ1v) is 11.7. The Hall–Kier alpha value is -0.640. The second kappa shape index (κ2) is 12.8. The summed E-state index contributed by atoms with van der Waals surface area (Å²) in [6.07, 6.45) is 4.34. The van der Waals surface area contributed by atoms with Gasteiger partial charge in [-0.15, -0.1) is 24.0 Å². The maximum Gasteiger partial charge on any atom is 0.191 e. The highest BCUT2D eigenvalue weighted by atomic mass is 127. The van der Waals surface area contributed by atoms with E-state index in [0.29, 0.717) is 17.2 Å². The number of nitrogens with one attached hydrogen (secondary N) is 2. The van der Waals surface area contributed by atoms with Crippen LogP contribution in [0.1, 0.15) is 57.8 Å². The number of aromatic nitrogens is 2. The first-order chi connectivity index (χ1) is 12.9. The quantitative estimate of drug-likeness (QED) is 0.312. The van der Waals surface area contributed by atoms with Crippen molar-refractivity contribution in [1.82, 2.24) is 20.4 Å². The lowest BCUT2D eigenvalue weighted by Crippen LogP contribution is -2.46. The molecule has 1 aliphatic carbocycles. The van der Waals surface area contributed by atoms with Gasteiger partial charge in [0.25, 0.3) is 0 Å². The van der Waals surface area contributed by atoms with Crippen molar-refractivity contribution in [1.29, 1.82) is 0 Å². The van der Waals surface area contributed by atoms with Gasteiger partial charge < -0.3 is 10.6 Å². The topological polar surface area (TPSA) is 71.3 Å². The van der Waals surface area contributed by atoms with Crippen LogP contribution in [0.4, 0.5) is 0 Å². The summed E-state index contributed by atoms with van der Waals surface area (Å²) in [5.41, 5.74) is 2.26. The molecule has 1 aromatic rings. The number of halogens is 1. The summed E-state index contributed by atoms with van der Waals surface area (Å²) < 4.78 is 14.2. The molecule has 0 aromatic carbocycles. The molecule has 2 N–H and O–H groups in total. The predicted molar refractivity (Wildman–Crippen MR) is 130 cm³/mol. The molecule has 1 heterocycles. The Morgan fingerprint density at radius 2 is 2.14 bits per heavy atom. The molecule has 1 fully saturated rings. The van der Waals surface area contributed by atoms with Crippen LogP contribution < -0.4 is 10.6 Å². The average Bonchev–Trinajstić information content (AvgIpc) is 2.96. The average molecular weight is 524 g/mol. The molecule has 0 bridgehead atoms. The number of hydrogen-bond acceptors (Lipinski definition) is 3. The molecule has 4 unspecified atom stereocenters. The molecule has 2 rings (SSSR count). The van der Waals surface area contributed by atoms with E-state index in [0.717, 1.165) is 62.7 Å². The summed E-state index contributed by atoms with van der Waals surface area (Å²) in [5, 5.41) is 11.8. The van der Waals surface area contributed by atoms with Crippen molar-refractivity contribution >= 4 is 40.7 Å². The Labute approximate surface area is 190 Å². The highest BCUT2D eigenvalue weighted by Gasteiger charge is 2.26. The number of rotatable bonds is 8. The van der Waals surface area contributed by atoms with E-state index >= 15 is 0 Å². The Bertz CT molecular complexity index is 649. The van der Waals surface area contributed by atoms with Crippen molar-refractivity contribution in [2.45, 2.75) is 78.1 Å². The van der Waals surface area contributed by atoms with Gasteiger partial charge in [-0.1, -0.05) is 20.3 Å². The smallest absolute Gasteiger partial charge is 0.191 e. The molecule has 1 aromatic heterocycles. The van der Waals surface area contributed by atoms with Crippen molar-refractivity contribution in [3.63, 3.8) is 0 Å². The van der Waals surface area contributed by atoms with E-state index in [1.807, 2.05) is 13.8 Å². The molecular formula is C20H38IN5OS. The fraction of sp³-hybridized carbons (Fsp3) is 0.800. The Morgan fingerprint density at radius 1 is 1.39 bits per heavy atom. The van der Waals surface area contributed by atoms with E-state index < -0.39 is 10.8 Å². The van der Waals surface area contributed by atoms with Crippen LogP contribution >= 0.6 is 24.0 Å². The maximum absolute atomic E-state index is 12.2. The Morgan fingerprint density at radius 3 is 2.75 bits per heavy atom. The zero-order valence-electron chi connectivity index (χ0n) is 18.0. The molecule has 0 saturated heterocycles. The summed E-state index contributed by atoms with van der Waals surface area (Å²) in [5.74, 6) is 2.05. The van der Waals surface area contributed by atoms with Gasteiger partial charge in [0.05, 0.1) is 5.69 Å². The minimum Gasteiger partial charge on any atom is -0.357 e. The van der Waals surface area contributed by atoms with Gasteiger partial charge in [-0.3, -0.25) is 13.9 Å². The van der Waals surface area contributed by atoms with Gasteiger partial charge in [-0.2, -0.15) is 5.10 Å². The number of nitrogens with zero attached hydrogens (tertiary/aromatic N) is 3. The van der Waals surface area contributed by atoms with E-state index in [-0.39, 0.29) is 24.0 Å².